The van der Waals surface area contributed by atoms with Crippen molar-refractivity contribution in [3.63, 3.8) is 0 Å². The summed E-state index contributed by atoms with van der Waals surface area (Å²) in [6.07, 6.45) is 1.43. The van der Waals surface area contributed by atoms with Gasteiger partial charge in [0.05, 0.1) is 0 Å². The molecule has 0 fully saturated rings. The number of aromatic hydroxyl groups is 2. The Bertz CT molecular complexity index is 581. The Morgan fingerprint density at radius 1 is 1.22 bits per heavy atom. The highest BCUT2D eigenvalue weighted by molar-refractivity contribution is 6.30. The molecule has 0 unspecified atom stereocenters. The van der Waals surface area contributed by atoms with Crippen molar-refractivity contribution in [2.45, 2.75) is 0 Å². The molecule has 0 saturated heterocycles. The van der Waals surface area contributed by atoms with Crippen molar-refractivity contribution in [3.8, 4) is 11.5 Å². The average molecular weight is 265 g/mol. The summed E-state index contributed by atoms with van der Waals surface area (Å²) in [6.45, 7) is 0. The van der Waals surface area contributed by atoms with Crippen molar-refractivity contribution < 1.29 is 15.0 Å². The first-order chi connectivity index (χ1) is 8.58. The van der Waals surface area contributed by atoms with Gasteiger partial charge >= 0.3 is 0 Å². The molecular formula is C12H9ClN2O3. The van der Waals surface area contributed by atoms with E-state index in [1.165, 1.54) is 30.5 Å². The monoisotopic (exact) mass is 264 g/mol. The fourth-order valence-corrected chi connectivity index (χ4v) is 1.57. The van der Waals surface area contributed by atoms with Crippen LogP contribution in [0.3, 0.4) is 0 Å². The molecule has 6 heteroatoms. The number of phenolic OH excluding ortho intramolecular Hbond substituents is 2. The Morgan fingerprint density at radius 2 is 1.89 bits per heavy atom. The molecule has 92 valence electrons. The number of rotatable bonds is 2. The minimum absolute atomic E-state index is 0.209. The lowest BCUT2D eigenvalue weighted by Gasteiger charge is -2.07. The molecule has 0 aliphatic heterocycles. The van der Waals surface area contributed by atoms with Crippen LogP contribution < -0.4 is 5.32 Å². The summed E-state index contributed by atoms with van der Waals surface area (Å²) in [7, 11) is 0. The molecule has 1 heterocycles. The molecule has 1 aromatic heterocycles. The van der Waals surface area contributed by atoms with E-state index in [9.17, 15) is 15.0 Å². The number of amides is 1. The largest absolute Gasteiger partial charge is 0.507 e. The standard InChI is InChI=1S/C12H9ClN2O3/c13-7-4-5-14-10(6-7)15-12(18)11-8(16)2-1-3-9(11)17/h1-6,16-17H,(H,14,15,18). The molecule has 2 rings (SSSR count). The van der Waals surface area contributed by atoms with Gasteiger partial charge in [-0.05, 0) is 24.3 Å². The van der Waals surface area contributed by atoms with Gasteiger partial charge in [-0.15, -0.1) is 0 Å². The van der Waals surface area contributed by atoms with Gasteiger partial charge in [-0.1, -0.05) is 17.7 Å². The molecule has 0 radical (unpaired) electrons. The van der Waals surface area contributed by atoms with Gasteiger partial charge in [-0.25, -0.2) is 4.98 Å². The van der Waals surface area contributed by atoms with Crippen LogP contribution in [-0.2, 0) is 0 Å². The van der Waals surface area contributed by atoms with Crippen LogP contribution in [0.15, 0.2) is 36.5 Å². The topological polar surface area (TPSA) is 82.5 Å². The van der Waals surface area contributed by atoms with Gasteiger partial charge in [0.15, 0.2) is 0 Å². The lowest BCUT2D eigenvalue weighted by Crippen LogP contribution is -2.13. The maximum atomic E-state index is 11.9. The summed E-state index contributed by atoms with van der Waals surface area (Å²) in [5.74, 6) is -1.06. The quantitative estimate of drug-likeness (QED) is 0.778. The van der Waals surface area contributed by atoms with Gasteiger partial charge in [-0.3, -0.25) is 4.79 Å². The smallest absolute Gasteiger partial charge is 0.264 e. The highest BCUT2D eigenvalue weighted by Gasteiger charge is 2.16. The number of carbonyl (C=O) groups is 1. The second-order valence-corrected chi connectivity index (χ2v) is 3.92. The van der Waals surface area contributed by atoms with E-state index in [0.717, 1.165) is 0 Å². The maximum absolute atomic E-state index is 11.9. The molecule has 1 aromatic carbocycles. The molecule has 0 aliphatic rings. The molecule has 18 heavy (non-hydrogen) atoms. The van der Waals surface area contributed by atoms with Gasteiger partial charge in [0.25, 0.3) is 5.91 Å². The molecule has 0 atom stereocenters. The SMILES string of the molecule is O=C(Nc1cc(Cl)ccn1)c1c(O)cccc1O. The molecule has 0 aliphatic carbocycles. The number of nitrogens with one attached hydrogen (secondary N) is 1. The summed E-state index contributed by atoms with van der Waals surface area (Å²) in [5.41, 5.74) is -0.209. The van der Waals surface area contributed by atoms with Crippen LogP contribution in [0.4, 0.5) is 5.82 Å². The van der Waals surface area contributed by atoms with Crippen LogP contribution in [0.25, 0.3) is 0 Å². The Hall–Kier alpha value is -2.27. The molecule has 3 N–H and O–H groups in total. The molecular weight excluding hydrogens is 256 g/mol. The van der Waals surface area contributed by atoms with Crippen molar-refractivity contribution in [1.29, 1.82) is 0 Å². The first kappa shape index (κ1) is 12.2. The Labute approximate surface area is 108 Å². The van der Waals surface area contributed by atoms with Crippen molar-refractivity contribution >= 4 is 23.3 Å². The number of benzene rings is 1. The van der Waals surface area contributed by atoms with Crippen molar-refractivity contribution in [2.24, 2.45) is 0 Å². The third kappa shape index (κ3) is 2.52. The molecule has 0 saturated carbocycles. The second-order valence-electron chi connectivity index (χ2n) is 3.48. The lowest BCUT2D eigenvalue weighted by atomic mass is 10.1. The number of anilines is 1. The van der Waals surface area contributed by atoms with Gasteiger partial charge in [0.1, 0.15) is 22.9 Å². The Kier molecular flexibility index (Phi) is 3.34. The summed E-state index contributed by atoms with van der Waals surface area (Å²) in [4.78, 5) is 15.7. The zero-order valence-corrected chi connectivity index (χ0v) is 9.85. The third-order valence-electron chi connectivity index (χ3n) is 2.21. The van der Waals surface area contributed by atoms with E-state index in [2.05, 4.69) is 10.3 Å². The first-order valence-corrected chi connectivity index (χ1v) is 5.39. The fraction of sp³-hybridized carbons (Fsp3) is 0. The van der Waals surface area contributed by atoms with Crippen LogP contribution in [0.5, 0.6) is 11.5 Å². The fourth-order valence-electron chi connectivity index (χ4n) is 1.41. The van der Waals surface area contributed by atoms with Gasteiger partial charge < -0.3 is 15.5 Å². The third-order valence-corrected chi connectivity index (χ3v) is 2.45. The summed E-state index contributed by atoms with van der Waals surface area (Å²) in [6, 6.07) is 7.06. The zero-order chi connectivity index (χ0) is 13.1. The molecule has 0 bridgehead atoms. The van der Waals surface area contributed by atoms with Crippen LogP contribution in [0.1, 0.15) is 10.4 Å². The predicted molar refractivity (Wildman–Crippen MR) is 67.0 cm³/mol. The van der Waals surface area contributed by atoms with E-state index in [0.29, 0.717) is 5.02 Å². The Balaban J connectivity index is 2.28. The van der Waals surface area contributed by atoms with E-state index in [4.69, 9.17) is 11.6 Å². The minimum atomic E-state index is -0.666. The number of nitrogens with zero attached hydrogens (tertiary/aromatic N) is 1. The van der Waals surface area contributed by atoms with E-state index in [1.54, 1.807) is 6.07 Å². The van der Waals surface area contributed by atoms with Gasteiger partial charge in [0, 0.05) is 11.2 Å². The zero-order valence-electron chi connectivity index (χ0n) is 9.09. The number of halogens is 1. The average Bonchev–Trinajstić information content (AvgIpc) is 2.28. The maximum Gasteiger partial charge on any atom is 0.264 e. The predicted octanol–water partition coefficient (Wildman–Crippen LogP) is 2.40. The van der Waals surface area contributed by atoms with Gasteiger partial charge in [0.2, 0.25) is 0 Å². The minimum Gasteiger partial charge on any atom is -0.507 e. The lowest BCUT2D eigenvalue weighted by molar-refractivity contribution is 0.102. The van der Waals surface area contributed by atoms with Crippen molar-refractivity contribution in [3.05, 3.63) is 47.1 Å². The van der Waals surface area contributed by atoms with Crippen LogP contribution in [-0.4, -0.2) is 21.1 Å². The molecule has 1 amide bonds. The van der Waals surface area contributed by atoms with Gasteiger partial charge in [-0.2, -0.15) is 0 Å². The number of pyridine rings is 1. The molecule has 5 nitrogen and oxygen atoms in total. The molecule has 2 aromatic rings. The highest BCUT2D eigenvalue weighted by atomic mass is 35.5. The molecule has 0 spiro atoms. The van der Waals surface area contributed by atoms with E-state index < -0.39 is 5.91 Å². The number of phenols is 2. The Morgan fingerprint density at radius 3 is 2.50 bits per heavy atom. The van der Waals surface area contributed by atoms with E-state index >= 15 is 0 Å². The van der Waals surface area contributed by atoms with E-state index in [-0.39, 0.29) is 22.9 Å². The van der Waals surface area contributed by atoms with Crippen LogP contribution in [0, 0.1) is 0 Å². The number of hydrogen-bond donors (Lipinski definition) is 3. The highest BCUT2D eigenvalue weighted by Crippen LogP contribution is 2.27. The first-order valence-electron chi connectivity index (χ1n) is 5.02. The second kappa shape index (κ2) is 4.93. The van der Waals surface area contributed by atoms with Crippen molar-refractivity contribution in [2.75, 3.05) is 5.32 Å². The number of carbonyl (C=O) groups excluding carboxylic acids is 1. The number of hydrogen-bond acceptors (Lipinski definition) is 4. The normalized spacial score (nSPS) is 10.1. The summed E-state index contributed by atoms with van der Waals surface area (Å²) in [5, 5.41) is 21.9. The van der Waals surface area contributed by atoms with Crippen LogP contribution in [0.2, 0.25) is 5.02 Å². The number of aromatic nitrogens is 1. The van der Waals surface area contributed by atoms with Crippen molar-refractivity contribution in [1.82, 2.24) is 4.98 Å². The van der Waals surface area contributed by atoms with Crippen LogP contribution >= 0.6 is 11.6 Å². The summed E-state index contributed by atoms with van der Waals surface area (Å²) >= 11 is 5.75. The summed E-state index contributed by atoms with van der Waals surface area (Å²) < 4.78 is 0. The van der Waals surface area contributed by atoms with E-state index in [1.807, 2.05) is 0 Å².